The number of rotatable bonds is 2. The van der Waals surface area contributed by atoms with Gasteiger partial charge in [0.05, 0.1) is 20.1 Å². The van der Waals surface area contributed by atoms with Gasteiger partial charge < -0.3 is 18.6 Å². The molecule has 0 saturated carbocycles. The van der Waals surface area contributed by atoms with Gasteiger partial charge in [-0.05, 0) is 0 Å². The fraction of sp³-hybridized carbons (Fsp3) is 0. The maximum absolute atomic E-state index is 6.03. The zero-order valence-corrected chi connectivity index (χ0v) is 16.9. The molecule has 0 radical (unpaired) electrons. The van der Waals surface area contributed by atoms with Gasteiger partial charge in [-0.3, -0.25) is 0 Å². The van der Waals surface area contributed by atoms with Crippen LogP contribution in [-0.4, -0.2) is 14.2 Å². The maximum atomic E-state index is 6.03. The standard InChI is InChI=1S/C18H8B2Cl4O4/c21-11-5-15-16(6-12(11)22)26-19(25-15)9-1-2-10(4-3-9)20-27-17-7-13(23)14(24)8-18(17)28-20/h1-8H. The van der Waals surface area contributed by atoms with Gasteiger partial charge in [0, 0.05) is 35.2 Å². The first kappa shape index (κ1) is 18.2. The van der Waals surface area contributed by atoms with E-state index in [1.165, 1.54) is 0 Å². The number of fused-ring (bicyclic) bond motifs is 2. The Kier molecular flexibility index (Phi) is 4.48. The van der Waals surface area contributed by atoms with Crippen molar-refractivity contribution in [2.45, 2.75) is 0 Å². The first-order valence-corrected chi connectivity index (χ1v) is 9.74. The van der Waals surface area contributed by atoms with E-state index in [-0.39, 0.29) is 0 Å². The van der Waals surface area contributed by atoms with Gasteiger partial charge in [0.25, 0.3) is 0 Å². The average molecular weight is 452 g/mol. The van der Waals surface area contributed by atoms with Crippen LogP contribution in [0.5, 0.6) is 23.0 Å². The topological polar surface area (TPSA) is 36.9 Å². The minimum atomic E-state index is -0.584. The molecule has 0 amide bonds. The Balaban J connectivity index is 1.33. The van der Waals surface area contributed by atoms with E-state index in [1.807, 2.05) is 24.3 Å². The van der Waals surface area contributed by atoms with Crippen LogP contribution in [0.4, 0.5) is 0 Å². The molecule has 2 heterocycles. The third-order valence-electron chi connectivity index (χ3n) is 4.39. The normalized spacial score (nSPS) is 14.0. The van der Waals surface area contributed by atoms with E-state index in [1.54, 1.807) is 24.3 Å². The monoisotopic (exact) mass is 450 g/mol. The lowest BCUT2D eigenvalue weighted by Crippen LogP contribution is -2.43. The van der Waals surface area contributed by atoms with E-state index in [0.29, 0.717) is 43.1 Å². The van der Waals surface area contributed by atoms with Crippen molar-refractivity contribution < 1.29 is 18.6 Å². The molecule has 10 heteroatoms. The minimum Gasteiger partial charge on any atom is -0.519 e. The van der Waals surface area contributed by atoms with Crippen molar-refractivity contribution in [1.82, 2.24) is 0 Å². The molecule has 0 fully saturated rings. The van der Waals surface area contributed by atoms with Gasteiger partial charge >= 0.3 is 14.2 Å². The van der Waals surface area contributed by atoms with Gasteiger partial charge in [0.15, 0.2) is 0 Å². The molecule has 4 nitrogen and oxygen atoms in total. The van der Waals surface area contributed by atoms with E-state index in [4.69, 9.17) is 65.0 Å². The van der Waals surface area contributed by atoms with Crippen molar-refractivity contribution in [1.29, 1.82) is 0 Å². The van der Waals surface area contributed by atoms with Gasteiger partial charge in [-0.25, -0.2) is 0 Å². The zero-order chi connectivity index (χ0) is 19.4. The largest absolute Gasteiger partial charge is 0.632 e. The molecular weight excluding hydrogens is 444 g/mol. The molecule has 0 saturated heterocycles. The Morgan fingerprint density at radius 3 is 0.964 bits per heavy atom. The van der Waals surface area contributed by atoms with Crippen LogP contribution in [-0.2, 0) is 0 Å². The van der Waals surface area contributed by atoms with Crippen molar-refractivity contribution >= 4 is 71.6 Å². The summed E-state index contributed by atoms with van der Waals surface area (Å²) in [6.45, 7) is 0. The predicted molar refractivity (Wildman–Crippen MR) is 113 cm³/mol. The van der Waals surface area contributed by atoms with Crippen LogP contribution in [0.2, 0.25) is 20.1 Å². The quantitative estimate of drug-likeness (QED) is 0.532. The Hall–Kier alpha value is -1.85. The molecule has 5 rings (SSSR count). The van der Waals surface area contributed by atoms with Crippen LogP contribution < -0.4 is 29.5 Å². The van der Waals surface area contributed by atoms with Crippen LogP contribution in [0.1, 0.15) is 0 Å². The smallest absolute Gasteiger partial charge is 0.519 e. The molecular formula is C18H8B2Cl4O4. The summed E-state index contributed by atoms with van der Waals surface area (Å²) < 4.78 is 23.3. The molecule has 0 aromatic heterocycles. The van der Waals surface area contributed by atoms with Crippen LogP contribution in [0.25, 0.3) is 0 Å². The summed E-state index contributed by atoms with van der Waals surface area (Å²) in [4.78, 5) is 0. The predicted octanol–water partition coefficient (Wildman–Crippen LogP) is 4.63. The number of hydrogen-bond acceptors (Lipinski definition) is 4. The molecule has 28 heavy (non-hydrogen) atoms. The molecule has 0 N–H and O–H groups in total. The van der Waals surface area contributed by atoms with Gasteiger partial charge in [0.2, 0.25) is 0 Å². The first-order valence-electron chi connectivity index (χ1n) is 8.22. The van der Waals surface area contributed by atoms with Crippen LogP contribution >= 0.6 is 46.4 Å². The van der Waals surface area contributed by atoms with Gasteiger partial charge in [0.1, 0.15) is 23.0 Å². The lowest BCUT2D eigenvalue weighted by molar-refractivity contribution is 0.517. The highest BCUT2D eigenvalue weighted by Crippen LogP contribution is 2.41. The lowest BCUT2D eigenvalue weighted by atomic mass is 9.74. The number of benzene rings is 3. The maximum Gasteiger partial charge on any atom is 0.632 e. The fourth-order valence-corrected chi connectivity index (χ4v) is 3.60. The summed E-state index contributed by atoms with van der Waals surface area (Å²) in [6, 6.07) is 14.1. The lowest BCUT2D eigenvalue weighted by Gasteiger charge is -2.08. The van der Waals surface area contributed by atoms with Crippen molar-refractivity contribution in [3.63, 3.8) is 0 Å². The van der Waals surface area contributed by atoms with E-state index >= 15 is 0 Å². The molecule has 0 atom stereocenters. The van der Waals surface area contributed by atoms with E-state index in [2.05, 4.69) is 0 Å². The summed E-state index contributed by atoms with van der Waals surface area (Å²) in [5.74, 6) is 2.20. The second kappa shape index (κ2) is 6.89. The molecule has 2 aliphatic heterocycles. The molecule has 2 aliphatic rings. The molecule has 138 valence electrons. The highest BCUT2D eigenvalue weighted by atomic mass is 35.5. The van der Waals surface area contributed by atoms with Gasteiger partial charge in [-0.15, -0.1) is 0 Å². The average Bonchev–Trinajstić information content (AvgIpc) is 3.26. The molecule has 3 aromatic rings. The Morgan fingerprint density at radius 2 is 0.714 bits per heavy atom. The van der Waals surface area contributed by atoms with Crippen LogP contribution in [0, 0.1) is 0 Å². The Labute approximate surface area is 181 Å². The molecule has 0 aliphatic carbocycles. The van der Waals surface area contributed by atoms with Crippen LogP contribution in [0.15, 0.2) is 48.5 Å². The van der Waals surface area contributed by atoms with Crippen molar-refractivity contribution in [3.05, 3.63) is 68.6 Å². The highest BCUT2D eigenvalue weighted by molar-refractivity contribution is 6.65. The SMILES string of the molecule is Clc1cc2c(cc1Cl)OB(c1ccc(B3Oc4cc(Cl)c(Cl)cc4O3)cc1)O2. The number of hydrogen-bond donors (Lipinski definition) is 0. The van der Waals surface area contributed by atoms with Crippen LogP contribution in [0.3, 0.4) is 0 Å². The second-order valence-electron chi connectivity index (χ2n) is 6.23. The van der Waals surface area contributed by atoms with Crippen molar-refractivity contribution in [2.24, 2.45) is 0 Å². The van der Waals surface area contributed by atoms with Gasteiger partial charge in [-0.1, -0.05) is 70.7 Å². The Bertz CT molecular complexity index is 945. The fourth-order valence-electron chi connectivity index (χ4n) is 2.98. The van der Waals surface area contributed by atoms with Crippen molar-refractivity contribution in [3.8, 4) is 23.0 Å². The second-order valence-corrected chi connectivity index (χ2v) is 7.86. The number of halogens is 4. The summed E-state index contributed by atoms with van der Waals surface area (Å²) in [5.41, 5.74) is 1.66. The molecule has 0 bridgehead atoms. The first-order chi connectivity index (χ1) is 13.5. The third-order valence-corrected chi connectivity index (χ3v) is 5.83. The molecule has 3 aromatic carbocycles. The third kappa shape index (κ3) is 3.14. The Morgan fingerprint density at radius 1 is 0.464 bits per heavy atom. The summed E-state index contributed by atoms with van der Waals surface area (Å²) in [5, 5.41) is 1.65. The summed E-state index contributed by atoms with van der Waals surface area (Å²) >= 11 is 24.1. The minimum absolute atomic E-state index is 0.412. The van der Waals surface area contributed by atoms with Gasteiger partial charge in [-0.2, -0.15) is 0 Å². The van der Waals surface area contributed by atoms with Crippen molar-refractivity contribution in [2.75, 3.05) is 0 Å². The van der Waals surface area contributed by atoms with E-state index < -0.39 is 14.2 Å². The molecule has 0 spiro atoms. The zero-order valence-electron chi connectivity index (χ0n) is 13.9. The van der Waals surface area contributed by atoms with E-state index in [0.717, 1.165) is 10.9 Å². The molecule has 0 unspecified atom stereocenters. The van der Waals surface area contributed by atoms with E-state index in [9.17, 15) is 0 Å². The highest BCUT2D eigenvalue weighted by Gasteiger charge is 2.37. The summed E-state index contributed by atoms with van der Waals surface area (Å²) in [7, 11) is -1.17. The summed E-state index contributed by atoms with van der Waals surface area (Å²) in [6.07, 6.45) is 0.